The van der Waals surface area contributed by atoms with E-state index in [1.54, 1.807) is 0 Å². The summed E-state index contributed by atoms with van der Waals surface area (Å²) in [6.45, 7) is 5.02. The van der Waals surface area contributed by atoms with Gasteiger partial charge >= 0.3 is 6.03 Å². The third-order valence-electron chi connectivity index (χ3n) is 6.55. The van der Waals surface area contributed by atoms with Crippen molar-refractivity contribution in [2.45, 2.75) is 39.0 Å². The predicted octanol–water partition coefficient (Wildman–Crippen LogP) is 5.72. The lowest BCUT2D eigenvalue weighted by atomic mass is 9.83. The summed E-state index contributed by atoms with van der Waals surface area (Å²) in [6.07, 6.45) is 7.37. The number of piperidine rings is 1. The highest BCUT2D eigenvalue weighted by Gasteiger charge is 2.32. The van der Waals surface area contributed by atoms with Crippen molar-refractivity contribution >= 4 is 34.4 Å². The minimum absolute atomic E-state index is 0.0544. The van der Waals surface area contributed by atoms with Gasteiger partial charge in [-0.1, -0.05) is 48.4 Å². The fourth-order valence-corrected chi connectivity index (χ4v) is 5.10. The lowest BCUT2D eigenvalue weighted by molar-refractivity contribution is -0.139. The van der Waals surface area contributed by atoms with E-state index < -0.39 is 0 Å². The van der Waals surface area contributed by atoms with E-state index >= 15 is 0 Å². The molecule has 2 heterocycles. The molecule has 4 rings (SSSR count). The minimum atomic E-state index is -0.0544. The number of thiophene rings is 1. The molecule has 1 aliphatic heterocycles. The molecule has 0 unspecified atom stereocenters. The van der Waals surface area contributed by atoms with Gasteiger partial charge in [0.15, 0.2) is 0 Å². The molecule has 0 atom stereocenters. The molecular formula is C26H33N3O2S. The van der Waals surface area contributed by atoms with Crippen molar-refractivity contribution < 1.29 is 9.59 Å². The first kappa shape index (κ1) is 22.6. The van der Waals surface area contributed by atoms with Crippen LogP contribution in [0.25, 0.3) is 6.08 Å². The van der Waals surface area contributed by atoms with Crippen LogP contribution >= 0.6 is 11.3 Å². The summed E-state index contributed by atoms with van der Waals surface area (Å²) >= 11 is 1.53. The minimum Gasteiger partial charge on any atom is -0.342 e. The van der Waals surface area contributed by atoms with Crippen molar-refractivity contribution in [2.24, 2.45) is 11.8 Å². The van der Waals surface area contributed by atoms with Crippen LogP contribution in [-0.4, -0.2) is 47.9 Å². The van der Waals surface area contributed by atoms with Gasteiger partial charge < -0.3 is 9.80 Å². The maximum atomic E-state index is 13.1. The summed E-state index contributed by atoms with van der Waals surface area (Å²) in [4.78, 5) is 29.7. The average molecular weight is 452 g/mol. The summed E-state index contributed by atoms with van der Waals surface area (Å²) in [7, 11) is 0. The van der Waals surface area contributed by atoms with Crippen molar-refractivity contribution in [3.8, 4) is 0 Å². The van der Waals surface area contributed by atoms with Gasteiger partial charge in [-0.3, -0.25) is 10.1 Å². The number of rotatable bonds is 7. The first-order chi connectivity index (χ1) is 15.6. The Labute approximate surface area is 195 Å². The number of carbonyl (C=O) groups excluding carboxylic acids is 2. The Morgan fingerprint density at radius 1 is 1.09 bits per heavy atom. The van der Waals surface area contributed by atoms with Gasteiger partial charge in [-0.25, -0.2) is 4.79 Å². The second-order valence-electron chi connectivity index (χ2n) is 9.09. The molecule has 1 aromatic heterocycles. The van der Waals surface area contributed by atoms with Crippen LogP contribution in [-0.2, 0) is 4.79 Å². The van der Waals surface area contributed by atoms with Gasteiger partial charge in [0, 0.05) is 32.1 Å². The zero-order chi connectivity index (χ0) is 22.3. The van der Waals surface area contributed by atoms with Gasteiger partial charge in [0.25, 0.3) is 0 Å². The SMILES string of the molecule is CC(=Cc1ccccc1)CN(CC1CCN(C(=O)C2CCC2)CC1)C(=O)Nc1cccs1. The molecule has 0 spiro atoms. The molecule has 0 radical (unpaired) electrons. The molecule has 1 aliphatic carbocycles. The van der Waals surface area contributed by atoms with Gasteiger partial charge in [-0.15, -0.1) is 11.3 Å². The molecule has 32 heavy (non-hydrogen) atoms. The lowest BCUT2D eigenvalue weighted by Gasteiger charge is -2.38. The highest BCUT2D eigenvalue weighted by Crippen LogP contribution is 2.30. The van der Waals surface area contributed by atoms with Crippen LogP contribution in [0.5, 0.6) is 0 Å². The van der Waals surface area contributed by atoms with Crippen molar-refractivity contribution in [1.29, 1.82) is 0 Å². The molecule has 3 amide bonds. The number of amides is 3. The molecule has 170 valence electrons. The van der Waals surface area contributed by atoms with Gasteiger partial charge in [0.05, 0.1) is 5.00 Å². The van der Waals surface area contributed by atoms with E-state index in [4.69, 9.17) is 0 Å². The molecule has 2 fully saturated rings. The third kappa shape index (κ3) is 6.00. The zero-order valence-electron chi connectivity index (χ0n) is 18.8. The molecule has 1 N–H and O–H groups in total. The number of hydrogen-bond donors (Lipinski definition) is 1. The lowest BCUT2D eigenvalue weighted by Crippen LogP contribution is -2.46. The molecule has 1 saturated heterocycles. The van der Waals surface area contributed by atoms with Crippen molar-refractivity contribution in [3.05, 3.63) is 59.0 Å². The Kier molecular flexibility index (Phi) is 7.63. The summed E-state index contributed by atoms with van der Waals surface area (Å²) in [5.41, 5.74) is 2.29. The fourth-order valence-electron chi connectivity index (χ4n) is 4.49. The zero-order valence-corrected chi connectivity index (χ0v) is 19.7. The molecule has 5 nitrogen and oxygen atoms in total. The molecular weight excluding hydrogens is 418 g/mol. The third-order valence-corrected chi connectivity index (χ3v) is 7.34. The number of urea groups is 1. The number of nitrogens with one attached hydrogen (secondary N) is 1. The maximum Gasteiger partial charge on any atom is 0.322 e. The van der Waals surface area contributed by atoms with Gasteiger partial charge in [0.2, 0.25) is 5.91 Å². The topological polar surface area (TPSA) is 52.7 Å². The van der Waals surface area contributed by atoms with E-state index in [-0.39, 0.29) is 11.9 Å². The van der Waals surface area contributed by atoms with Gasteiger partial charge in [0.1, 0.15) is 0 Å². The van der Waals surface area contributed by atoms with E-state index in [0.717, 1.165) is 54.9 Å². The van der Waals surface area contributed by atoms with Gasteiger partial charge in [-0.2, -0.15) is 0 Å². The number of carbonyl (C=O) groups is 2. The second-order valence-corrected chi connectivity index (χ2v) is 10.0. The smallest absolute Gasteiger partial charge is 0.322 e. The number of nitrogens with zero attached hydrogens (tertiary/aromatic N) is 2. The van der Waals surface area contributed by atoms with Crippen molar-refractivity contribution in [1.82, 2.24) is 9.80 Å². The van der Waals surface area contributed by atoms with E-state index in [1.165, 1.54) is 17.8 Å². The second kappa shape index (κ2) is 10.8. The molecule has 1 aromatic carbocycles. The Hall–Kier alpha value is -2.60. The largest absolute Gasteiger partial charge is 0.342 e. The number of benzene rings is 1. The van der Waals surface area contributed by atoms with Crippen LogP contribution in [0.15, 0.2) is 53.4 Å². The average Bonchev–Trinajstić information content (AvgIpc) is 3.26. The number of hydrogen-bond acceptors (Lipinski definition) is 3. The van der Waals surface area contributed by atoms with Crippen molar-refractivity contribution in [2.75, 3.05) is 31.5 Å². The van der Waals surface area contributed by atoms with Crippen LogP contribution < -0.4 is 5.32 Å². The van der Waals surface area contributed by atoms with E-state index in [2.05, 4.69) is 35.3 Å². The van der Waals surface area contributed by atoms with Crippen LogP contribution in [0.4, 0.5) is 9.80 Å². The maximum absolute atomic E-state index is 13.1. The highest BCUT2D eigenvalue weighted by atomic mass is 32.1. The van der Waals surface area contributed by atoms with Crippen LogP contribution in [0.2, 0.25) is 0 Å². The Morgan fingerprint density at radius 2 is 1.84 bits per heavy atom. The summed E-state index contributed by atoms with van der Waals surface area (Å²) in [6, 6.07) is 14.0. The summed E-state index contributed by atoms with van der Waals surface area (Å²) in [5.74, 6) is 1.04. The van der Waals surface area contributed by atoms with Crippen LogP contribution in [0, 0.1) is 11.8 Å². The Morgan fingerprint density at radius 3 is 2.47 bits per heavy atom. The summed E-state index contributed by atoms with van der Waals surface area (Å²) in [5, 5.41) is 5.89. The quantitative estimate of drug-likeness (QED) is 0.585. The van der Waals surface area contributed by atoms with Crippen LogP contribution in [0.1, 0.15) is 44.6 Å². The molecule has 6 heteroatoms. The summed E-state index contributed by atoms with van der Waals surface area (Å²) < 4.78 is 0. The van der Waals surface area contributed by atoms with E-state index in [1.807, 2.05) is 40.6 Å². The standard InChI is InChI=1S/C26H33N3O2S/c1-20(17-21-7-3-2-4-8-21)18-29(26(31)27-24-11-6-16-32-24)19-22-12-14-28(15-13-22)25(30)23-9-5-10-23/h2-4,6-8,11,16-17,22-23H,5,9-10,12-15,18-19H2,1H3,(H,27,31). The fraction of sp³-hybridized carbons (Fsp3) is 0.462. The molecule has 1 saturated carbocycles. The molecule has 2 aliphatic rings. The van der Waals surface area contributed by atoms with Crippen molar-refractivity contribution in [3.63, 3.8) is 0 Å². The normalized spacial score (nSPS) is 17.7. The predicted molar refractivity (Wildman–Crippen MR) is 132 cm³/mol. The monoisotopic (exact) mass is 451 g/mol. The Balaban J connectivity index is 1.38. The first-order valence-corrected chi connectivity index (χ1v) is 12.6. The highest BCUT2D eigenvalue weighted by molar-refractivity contribution is 7.14. The number of likely N-dealkylation sites (tertiary alicyclic amines) is 1. The molecule has 0 bridgehead atoms. The van der Waals surface area contributed by atoms with E-state index in [9.17, 15) is 9.59 Å². The Bertz CT molecular complexity index is 914. The molecule has 2 aromatic rings. The van der Waals surface area contributed by atoms with E-state index in [0.29, 0.717) is 24.9 Å². The first-order valence-electron chi connectivity index (χ1n) is 11.7. The van der Waals surface area contributed by atoms with Crippen LogP contribution in [0.3, 0.4) is 0 Å². The van der Waals surface area contributed by atoms with Gasteiger partial charge in [-0.05, 0) is 61.6 Å². The number of anilines is 1.